The number of aromatic nitrogens is 2. The van der Waals surface area contributed by atoms with Crippen molar-refractivity contribution in [3.8, 4) is 0 Å². The molecule has 20 heavy (non-hydrogen) atoms. The second kappa shape index (κ2) is 4.74. The highest BCUT2D eigenvalue weighted by atomic mass is 32.2. The lowest BCUT2D eigenvalue weighted by Gasteiger charge is -2.40. The van der Waals surface area contributed by atoms with E-state index in [1.54, 1.807) is 0 Å². The van der Waals surface area contributed by atoms with Crippen LogP contribution in [0, 0.1) is 5.92 Å². The molecule has 2 fully saturated rings. The summed E-state index contributed by atoms with van der Waals surface area (Å²) in [5, 5.41) is 9.04. The minimum absolute atomic E-state index is 0.0239. The topological polar surface area (TPSA) is 121 Å². The van der Waals surface area contributed by atoms with Crippen LogP contribution in [-0.2, 0) is 14.8 Å². The van der Waals surface area contributed by atoms with Crippen LogP contribution < -0.4 is 11.1 Å². The quantitative estimate of drug-likeness (QED) is 0.665. The average molecular weight is 299 g/mol. The molecule has 9 heteroatoms. The molecular weight excluding hydrogens is 282 g/mol. The van der Waals surface area contributed by atoms with E-state index in [-0.39, 0.29) is 28.6 Å². The summed E-state index contributed by atoms with van der Waals surface area (Å²) in [6.07, 6.45) is 3.05. The third-order valence-corrected chi connectivity index (χ3v) is 5.93. The van der Waals surface area contributed by atoms with Gasteiger partial charge in [-0.15, -0.1) is 0 Å². The van der Waals surface area contributed by atoms with Crippen LogP contribution in [0.1, 0.15) is 19.3 Å². The molecule has 1 amide bonds. The fraction of sp³-hybridized carbons (Fsp3) is 0.636. The molecule has 2 saturated heterocycles. The van der Waals surface area contributed by atoms with Gasteiger partial charge in [0.05, 0.1) is 6.20 Å². The Morgan fingerprint density at radius 2 is 2.20 bits per heavy atom. The van der Waals surface area contributed by atoms with Gasteiger partial charge in [-0.05, 0) is 18.8 Å². The number of nitrogens with two attached hydrogens (primary N) is 1. The van der Waals surface area contributed by atoms with Gasteiger partial charge in [0, 0.05) is 25.6 Å². The molecule has 0 bridgehead atoms. The first-order valence-electron chi connectivity index (χ1n) is 6.57. The molecule has 3 heterocycles. The van der Waals surface area contributed by atoms with Gasteiger partial charge in [0.2, 0.25) is 15.9 Å². The van der Waals surface area contributed by atoms with E-state index in [1.165, 1.54) is 10.5 Å². The van der Waals surface area contributed by atoms with E-state index in [4.69, 9.17) is 5.73 Å². The van der Waals surface area contributed by atoms with E-state index in [0.717, 1.165) is 6.42 Å². The van der Waals surface area contributed by atoms with Crippen LogP contribution in [0.4, 0.5) is 5.82 Å². The number of nitrogens with zero attached hydrogens (tertiary/aromatic N) is 2. The zero-order valence-electron chi connectivity index (χ0n) is 10.9. The molecule has 0 aromatic carbocycles. The van der Waals surface area contributed by atoms with Crippen molar-refractivity contribution in [2.24, 2.45) is 5.92 Å². The van der Waals surface area contributed by atoms with Crippen molar-refractivity contribution in [1.82, 2.24) is 19.8 Å². The Labute approximate surface area is 116 Å². The lowest BCUT2D eigenvalue weighted by atomic mass is 9.86. The van der Waals surface area contributed by atoms with Gasteiger partial charge < -0.3 is 11.1 Å². The van der Waals surface area contributed by atoms with Gasteiger partial charge in [-0.1, -0.05) is 0 Å². The summed E-state index contributed by atoms with van der Waals surface area (Å²) in [4.78, 5) is 11.4. The number of piperidine rings is 2. The molecule has 110 valence electrons. The maximum absolute atomic E-state index is 12.5. The molecule has 0 saturated carbocycles. The van der Waals surface area contributed by atoms with Crippen molar-refractivity contribution in [1.29, 1.82) is 0 Å². The van der Waals surface area contributed by atoms with Crippen molar-refractivity contribution >= 4 is 21.7 Å². The van der Waals surface area contributed by atoms with E-state index in [0.29, 0.717) is 25.9 Å². The summed E-state index contributed by atoms with van der Waals surface area (Å²) in [5.74, 6) is 0.287. The third-order valence-electron chi connectivity index (χ3n) is 4.04. The SMILES string of the molecule is Nc1[nH]ncc1S(=O)(=O)N1CCC2NC(=O)CCC2C1. The van der Waals surface area contributed by atoms with Crippen LogP contribution in [0.3, 0.4) is 0 Å². The molecule has 2 unspecified atom stereocenters. The van der Waals surface area contributed by atoms with Crippen LogP contribution in [0.15, 0.2) is 11.1 Å². The monoisotopic (exact) mass is 299 g/mol. The molecule has 4 N–H and O–H groups in total. The first-order valence-corrected chi connectivity index (χ1v) is 8.01. The van der Waals surface area contributed by atoms with E-state index < -0.39 is 10.0 Å². The average Bonchev–Trinajstić information content (AvgIpc) is 2.85. The van der Waals surface area contributed by atoms with Gasteiger partial charge in [-0.3, -0.25) is 9.89 Å². The fourth-order valence-corrected chi connectivity index (χ4v) is 4.45. The predicted molar refractivity (Wildman–Crippen MR) is 71.0 cm³/mol. The number of nitrogen functional groups attached to an aromatic ring is 1. The van der Waals surface area contributed by atoms with Crippen LogP contribution in [-0.4, -0.2) is 48.0 Å². The van der Waals surface area contributed by atoms with Gasteiger partial charge in [-0.25, -0.2) is 8.42 Å². The van der Waals surface area contributed by atoms with Crippen LogP contribution in [0.5, 0.6) is 0 Å². The highest BCUT2D eigenvalue weighted by molar-refractivity contribution is 7.89. The van der Waals surface area contributed by atoms with E-state index >= 15 is 0 Å². The number of hydrogen-bond acceptors (Lipinski definition) is 5. The molecule has 2 aliphatic heterocycles. The molecule has 1 aromatic rings. The van der Waals surface area contributed by atoms with E-state index in [1.807, 2.05) is 0 Å². The van der Waals surface area contributed by atoms with Crippen molar-refractivity contribution in [3.05, 3.63) is 6.20 Å². The van der Waals surface area contributed by atoms with Gasteiger partial charge in [0.25, 0.3) is 0 Å². The molecule has 0 aliphatic carbocycles. The lowest BCUT2D eigenvalue weighted by molar-refractivity contribution is -0.124. The fourth-order valence-electron chi connectivity index (χ4n) is 2.92. The van der Waals surface area contributed by atoms with Crippen molar-refractivity contribution < 1.29 is 13.2 Å². The van der Waals surface area contributed by atoms with Gasteiger partial charge in [-0.2, -0.15) is 9.40 Å². The second-order valence-electron chi connectivity index (χ2n) is 5.27. The molecule has 1 aromatic heterocycles. The highest BCUT2D eigenvalue weighted by Gasteiger charge is 2.39. The summed E-state index contributed by atoms with van der Waals surface area (Å²) < 4.78 is 26.5. The number of anilines is 1. The summed E-state index contributed by atoms with van der Waals surface area (Å²) in [6.45, 7) is 0.798. The molecule has 0 spiro atoms. The smallest absolute Gasteiger partial charge is 0.248 e. The molecule has 3 rings (SSSR count). The number of carbonyl (C=O) groups is 1. The maximum Gasteiger partial charge on any atom is 0.248 e. The van der Waals surface area contributed by atoms with Crippen molar-refractivity contribution in [3.63, 3.8) is 0 Å². The van der Waals surface area contributed by atoms with Crippen molar-refractivity contribution in [2.45, 2.75) is 30.2 Å². The largest absolute Gasteiger partial charge is 0.383 e. The Balaban J connectivity index is 1.80. The Hall–Kier alpha value is -1.61. The van der Waals surface area contributed by atoms with Gasteiger partial charge >= 0.3 is 0 Å². The summed E-state index contributed by atoms with van der Waals surface area (Å²) in [6, 6.07) is 0.0874. The maximum atomic E-state index is 12.5. The number of nitrogens with one attached hydrogen (secondary N) is 2. The van der Waals surface area contributed by atoms with Gasteiger partial charge in [0.15, 0.2) is 0 Å². The Morgan fingerprint density at radius 1 is 1.40 bits per heavy atom. The first-order chi connectivity index (χ1) is 9.48. The molecule has 2 aliphatic rings. The number of sulfonamides is 1. The number of amides is 1. The van der Waals surface area contributed by atoms with E-state index in [9.17, 15) is 13.2 Å². The Bertz CT molecular complexity index is 626. The van der Waals surface area contributed by atoms with Crippen LogP contribution in [0.25, 0.3) is 0 Å². The molecular formula is C11H17N5O3S. The first kappa shape index (κ1) is 13.4. The lowest BCUT2D eigenvalue weighted by Crippen LogP contribution is -2.55. The number of aromatic amines is 1. The molecule has 0 radical (unpaired) electrons. The number of rotatable bonds is 2. The minimum Gasteiger partial charge on any atom is -0.383 e. The second-order valence-corrected chi connectivity index (χ2v) is 7.18. The summed E-state index contributed by atoms with van der Waals surface area (Å²) in [5.41, 5.74) is 5.60. The minimum atomic E-state index is -3.61. The highest BCUT2D eigenvalue weighted by Crippen LogP contribution is 2.29. The van der Waals surface area contributed by atoms with Crippen LogP contribution in [0.2, 0.25) is 0 Å². The van der Waals surface area contributed by atoms with Crippen molar-refractivity contribution in [2.75, 3.05) is 18.8 Å². The zero-order chi connectivity index (χ0) is 14.3. The normalized spacial score (nSPS) is 27.9. The van der Waals surface area contributed by atoms with Gasteiger partial charge in [0.1, 0.15) is 10.7 Å². The predicted octanol–water partition coefficient (Wildman–Crippen LogP) is -0.719. The Kier molecular flexibility index (Phi) is 3.17. The molecule has 8 nitrogen and oxygen atoms in total. The third kappa shape index (κ3) is 2.16. The number of hydrogen-bond donors (Lipinski definition) is 3. The molecule has 2 atom stereocenters. The summed E-state index contributed by atoms with van der Waals surface area (Å²) in [7, 11) is -3.61. The summed E-state index contributed by atoms with van der Waals surface area (Å²) >= 11 is 0. The van der Waals surface area contributed by atoms with E-state index in [2.05, 4.69) is 15.5 Å². The zero-order valence-corrected chi connectivity index (χ0v) is 11.7. The van der Waals surface area contributed by atoms with Crippen LogP contribution >= 0.6 is 0 Å². The Morgan fingerprint density at radius 3 is 2.90 bits per heavy atom. The standard InChI is InChI=1S/C11H17N5O3S/c12-11-9(5-13-15-11)20(18,19)16-4-3-8-7(6-16)1-2-10(17)14-8/h5,7-8H,1-4,6H2,(H,14,17)(H3,12,13,15). The number of carbonyl (C=O) groups excluding carboxylic acids is 1. The number of H-pyrrole nitrogens is 1. The number of fused-ring (bicyclic) bond motifs is 1.